The molecular formula is C14H23N5O8S2. The Bertz CT molecular complexity index is 662. The molecule has 164 valence electrons. The van der Waals surface area contributed by atoms with Crippen LogP contribution in [0.5, 0.6) is 0 Å². The molecule has 0 saturated heterocycles. The van der Waals surface area contributed by atoms with Crippen LogP contribution in [0, 0.1) is 0 Å². The van der Waals surface area contributed by atoms with E-state index in [0.717, 1.165) is 0 Å². The number of hydrogen-bond donors (Lipinski definition) is 9. The fourth-order valence-corrected chi connectivity index (χ4v) is 2.31. The highest BCUT2D eigenvalue weighted by Gasteiger charge is 2.31. The van der Waals surface area contributed by atoms with Crippen molar-refractivity contribution in [3.63, 3.8) is 0 Å². The van der Waals surface area contributed by atoms with E-state index in [1.54, 1.807) is 0 Å². The van der Waals surface area contributed by atoms with Gasteiger partial charge < -0.3 is 37.6 Å². The van der Waals surface area contributed by atoms with Crippen molar-refractivity contribution in [1.29, 1.82) is 0 Å². The molecule has 4 amide bonds. The molecule has 0 aliphatic heterocycles. The van der Waals surface area contributed by atoms with Crippen molar-refractivity contribution in [2.75, 3.05) is 11.5 Å². The standard InChI is InChI=1S/C14H23N5O8S2/c15-5(3-28)11(23)19-8(4-29)13(25)17-6(1-9(16)20)12(24)18-7(14(26)27)2-10(21)22/h5-8,28-29H,1-4,15H2,(H2,16,20)(H,17,25)(H,18,24)(H,19,23)(H,21,22)(H,26,27). The fourth-order valence-electron chi connectivity index (χ4n) is 1.89. The number of carbonyl (C=O) groups excluding carboxylic acids is 4. The summed E-state index contributed by atoms with van der Waals surface area (Å²) in [5, 5.41) is 24.0. The van der Waals surface area contributed by atoms with Crippen molar-refractivity contribution < 1.29 is 39.0 Å². The SMILES string of the molecule is NC(=O)CC(NC(=O)C(CS)NC(=O)C(N)CS)C(=O)NC(CC(=O)O)C(=O)O. The Labute approximate surface area is 176 Å². The summed E-state index contributed by atoms with van der Waals surface area (Å²) in [7, 11) is 0. The fraction of sp³-hybridized carbons (Fsp3) is 0.571. The number of nitrogens with one attached hydrogen (secondary N) is 3. The van der Waals surface area contributed by atoms with Gasteiger partial charge in [0.1, 0.15) is 18.1 Å². The maximum absolute atomic E-state index is 12.3. The van der Waals surface area contributed by atoms with Crippen molar-refractivity contribution in [2.45, 2.75) is 37.0 Å². The summed E-state index contributed by atoms with van der Waals surface area (Å²) in [6.07, 6.45) is -1.64. The van der Waals surface area contributed by atoms with Crippen molar-refractivity contribution in [1.82, 2.24) is 16.0 Å². The molecule has 0 aromatic heterocycles. The molecule has 4 unspecified atom stereocenters. The van der Waals surface area contributed by atoms with Crippen LogP contribution in [-0.4, -0.2) is 81.5 Å². The zero-order valence-corrected chi connectivity index (χ0v) is 16.8. The van der Waals surface area contributed by atoms with Gasteiger partial charge >= 0.3 is 11.9 Å². The molecule has 0 spiro atoms. The highest BCUT2D eigenvalue weighted by atomic mass is 32.1. The summed E-state index contributed by atoms with van der Waals surface area (Å²) in [6, 6.07) is -5.67. The van der Waals surface area contributed by atoms with Gasteiger partial charge in [0.05, 0.1) is 18.9 Å². The molecule has 0 heterocycles. The highest BCUT2D eigenvalue weighted by Crippen LogP contribution is 2.00. The van der Waals surface area contributed by atoms with Gasteiger partial charge in [-0.05, 0) is 0 Å². The Balaban J connectivity index is 5.29. The number of nitrogens with two attached hydrogens (primary N) is 2. The van der Waals surface area contributed by atoms with Crippen LogP contribution in [0.15, 0.2) is 0 Å². The monoisotopic (exact) mass is 453 g/mol. The lowest BCUT2D eigenvalue weighted by Gasteiger charge is -2.23. The van der Waals surface area contributed by atoms with Gasteiger partial charge in [0.25, 0.3) is 0 Å². The van der Waals surface area contributed by atoms with E-state index < -0.39 is 72.6 Å². The number of primary amides is 1. The molecule has 0 bridgehead atoms. The van der Waals surface area contributed by atoms with E-state index in [-0.39, 0.29) is 11.5 Å². The third-order valence-corrected chi connectivity index (χ3v) is 4.14. The molecule has 0 rings (SSSR count). The summed E-state index contributed by atoms with van der Waals surface area (Å²) in [4.78, 5) is 69.4. The van der Waals surface area contributed by atoms with Crippen molar-refractivity contribution in [2.24, 2.45) is 11.5 Å². The molecule has 4 atom stereocenters. The Kier molecular flexibility index (Phi) is 11.7. The predicted molar refractivity (Wildman–Crippen MR) is 105 cm³/mol. The molecule has 0 aliphatic rings. The van der Waals surface area contributed by atoms with E-state index in [2.05, 4.69) is 35.9 Å². The molecule has 15 heteroatoms. The van der Waals surface area contributed by atoms with Crippen LogP contribution in [0.4, 0.5) is 0 Å². The molecule has 0 aromatic rings. The summed E-state index contributed by atoms with van der Waals surface area (Å²) in [6.45, 7) is 0. The van der Waals surface area contributed by atoms with Gasteiger partial charge in [-0.2, -0.15) is 25.3 Å². The van der Waals surface area contributed by atoms with Crippen molar-refractivity contribution >= 4 is 60.8 Å². The smallest absolute Gasteiger partial charge is 0.326 e. The number of carboxylic acid groups (broad SMARTS) is 2. The minimum absolute atomic E-state index is 0.000393. The second-order valence-corrected chi connectivity index (χ2v) is 6.49. The molecule has 0 radical (unpaired) electrons. The first-order chi connectivity index (χ1) is 13.4. The highest BCUT2D eigenvalue weighted by molar-refractivity contribution is 7.80. The van der Waals surface area contributed by atoms with Gasteiger partial charge in [0, 0.05) is 11.5 Å². The van der Waals surface area contributed by atoms with E-state index >= 15 is 0 Å². The molecule has 0 saturated carbocycles. The normalized spacial score (nSPS) is 14.6. The van der Waals surface area contributed by atoms with E-state index in [9.17, 15) is 28.8 Å². The first-order valence-corrected chi connectivity index (χ1v) is 9.30. The summed E-state index contributed by atoms with van der Waals surface area (Å²) in [5.41, 5.74) is 10.5. The zero-order chi connectivity index (χ0) is 22.7. The molecule has 0 aliphatic carbocycles. The maximum atomic E-state index is 12.3. The Morgan fingerprint density at radius 3 is 1.66 bits per heavy atom. The average Bonchev–Trinajstić information content (AvgIpc) is 2.62. The molecule has 9 N–H and O–H groups in total. The zero-order valence-electron chi connectivity index (χ0n) is 15.0. The van der Waals surface area contributed by atoms with E-state index in [1.165, 1.54) is 0 Å². The van der Waals surface area contributed by atoms with Gasteiger partial charge in [-0.3, -0.25) is 24.0 Å². The first-order valence-electron chi connectivity index (χ1n) is 8.04. The minimum Gasteiger partial charge on any atom is -0.481 e. The molecule has 0 fully saturated rings. The predicted octanol–water partition coefficient (Wildman–Crippen LogP) is -3.94. The third kappa shape index (κ3) is 10.00. The number of amides is 4. The van der Waals surface area contributed by atoms with E-state index in [1.807, 2.05) is 5.32 Å². The first kappa shape index (κ1) is 26.5. The largest absolute Gasteiger partial charge is 0.481 e. The number of thiol groups is 2. The van der Waals surface area contributed by atoms with Crippen LogP contribution in [0.25, 0.3) is 0 Å². The lowest BCUT2D eigenvalue weighted by molar-refractivity contribution is -0.147. The number of hydrogen-bond acceptors (Lipinski definition) is 9. The van der Waals surface area contributed by atoms with Gasteiger partial charge in [0.2, 0.25) is 23.6 Å². The van der Waals surface area contributed by atoms with E-state index in [0.29, 0.717) is 0 Å². The van der Waals surface area contributed by atoms with Crippen LogP contribution < -0.4 is 27.4 Å². The van der Waals surface area contributed by atoms with Gasteiger partial charge in [0.15, 0.2) is 0 Å². The second kappa shape index (κ2) is 12.8. The van der Waals surface area contributed by atoms with Gasteiger partial charge in [-0.15, -0.1) is 0 Å². The van der Waals surface area contributed by atoms with Crippen LogP contribution in [0.3, 0.4) is 0 Å². The van der Waals surface area contributed by atoms with E-state index in [4.69, 9.17) is 21.7 Å². The number of carboxylic acids is 2. The van der Waals surface area contributed by atoms with Crippen LogP contribution in [-0.2, 0) is 28.8 Å². The maximum Gasteiger partial charge on any atom is 0.326 e. The summed E-state index contributed by atoms with van der Waals surface area (Å²) >= 11 is 7.77. The van der Waals surface area contributed by atoms with Crippen LogP contribution >= 0.6 is 25.3 Å². The molecule has 0 aromatic carbocycles. The van der Waals surface area contributed by atoms with Crippen LogP contribution in [0.1, 0.15) is 12.8 Å². The summed E-state index contributed by atoms with van der Waals surface area (Å²) in [5.74, 6) is -7.11. The molecular weight excluding hydrogens is 430 g/mol. The average molecular weight is 453 g/mol. The topological polar surface area (TPSA) is 231 Å². The van der Waals surface area contributed by atoms with Crippen molar-refractivity contribution in [3.8, 4) is 0 Å². The lowest BCUT2D eigenvalue weighted by atomic mass is 10.1. The number of rotatable bonds is 13. The van der Waals surface area contributed by atoms with Gasteiger partial charge in [-0.1, -0.05) is 0 Å². The van der Waals surface area contributed by atoms with Crippen LogP contribution in [0.2, 0.25) is 0 Å². The lowest BCUT2D eigenvalue weighted by Crippen LogP contribution is -2.58. The number of carbonyl (C=O) groups is 6. The van der Waals surface area contributed by atoms with Crippen molar-refractivity contribution in [3.05, 3.63) is 0 Å². The second-order valence-electron chi connectivity index (χ2n) is 5.76. The molecule has 29 heavy (non-hydrogen) atoms. The summed E-state index contributed by atoms with van der Waals surface area (Å²) < 4.78 is 0. The number of aliphatic carboxylic acids is 2. The Morgan fingerprint density at radius 1 is 0.759 bits per heavy atom. The molecule has 13 nitrogen and oxygen atoms in total. The quantitative estimate of drug-likeness (QED) is 0.124. The Morgan fingerprint density at radius 2 is 1.24 bits per heavy atom. The third-order valence-electron chi connectivity index (χ3n) is 3.38. The Hall–Kier alpha value is -2.52. The van der Waals surface area contributed by atoms with Gasteiger partial charge in [-0.25, -0.2) is 4.79 Å². The minimum atomic E-state index is -1.80.